The molecule has 0 aromatic heterocycles. The summed E-state index contributed by atoms with van der Waals surface area (Å²) in [5, 5.41) is 3.49. The molecule has 1 aliphatic rings. The summed E-state index contributed by atoms with van der Waals surface area (Å²) in [6.07, 6.45) is 2.63. The van der Waals surface area contributed by atoms with Crippen molar-refractivity contribution in [2.24, 2.45) is 0 Å². The van der Waals surface area contributed by atoms with Gasteiger partial charge in [0.05, 0.1) is 6.10 Å². The first-order valence-corrected chi connectivity index (χ1v) is 6.52. The zero-order valence-corrected chi connectivity index (χ0v) is 11.6. The van der Waals surface area contributed by atoms with Crippen LogP contribution in [0.5, 0.6) is 0 Å². The predicted octanol–water partition coefficient (Wildman–Crippen LogP) is 3.80. The second kappa shape index (κ2) is 4.85. The summed E-state index contributed by atoms with van der Waals surface area (Å²) in [5.41, 5.74) is 1.15. The van der Waals surface area contributed by atoms with E-state index >= 15 is 0 Å². The number of hydrogen-bond donors (Lipinski definition) is 1. The molecule has 0 saturated heterocycles. The number of rotatable bonds is 3. The zero-order valence-electron chi connectivity index (χ0n) is 8.47. The Morgan fingerprint density at radius 1 is 1.33 bits per heavy atom. The van der Waals surface area contributed by atoms with E-state index in [1.54, 1.807) is 7.11 Å². The van der Waals surface area contributed by atoms with E-state index in [2.05, 4.69) is 49.3 Å². The van der Waals surface area contributed by atoms with Gasteiger partial charge in [-0.2, -0.15) is 0 Å². The fourth-order valence-electron chi connectivity index (χ4n) is 1.70. The fourth-order valence-corrected chi connectivity index (χ4v) is 2.86. The summed E-state index contributed by atoms with van der Waals surface area (Å²) in [7, 11) is 1.77. The Balaban J connectivity index is 1.94. The van der Waals surface area contributed by atoms with Crippen LogP contribution in [0.1, 0.15) is 12.8 Å². The molecule has 82 valence electrons. The van der Waals surface area contributed by atoms with E-state index in [1.807, 2.05) is 6.07 Å². The minimum atomic E-state index is 0.441. The van der Waals surface area contributed by atoms with Crippen LogP contribution in [-0.2, 0) is 4.74 Å². The van der Waals surface area contributed by atoms with Gasteiger partial charge in [-0.25, -0.2) is 0 Å². The van der Waals surface area contributed by atoms with Crippen molar-refractivity contribution >= 4 is 37.5 Å². The van der Waals surface area contributed by atoms with E-state index in [9.17, 15) is 0 Å². The maximum Gasteiger partial charge on any atom is 0.0610 e. The molecule has 1 fully saturated rings. The van der Waals surface area contributed by atoms with Crippen LogP contribution in [0, 0.1) is 0 Å². The molecular formula is C11H13Br2NO. The van der Waals surface area contributed by atoms with E-state index in [-0.39, 0.29) is 0 Å². The molecule has 1 saturated carbocycles. The molecule has 15 heavy (non-hydrogen) atoms. The Morgan fingerprint density at radius 3 is 2.67 bits per heavy atom. The molecule has 1 aliphatic carbocycles. The molecule has 0 radical (unpaired) electrons. The second-order valence-corrected chi connectivity index (χ2v) is 5.56. The van der Waals surface area contributed by atoms with Gasteiger partial charge in [0, 0.05) is 27.8 Å². The fraction of sp³-hybridized carbons (Fsp3) is 0.455. The molecule has 4 heteroatoms. The molecule has 0 heterocycles. The van der Waals surface area contributed by atoms with Crippen molar-refractivity contribution in [1.82, 2.24) is 0 Å². The number of halogens is 2. The van der Waals surface area contributed by atoms with Crippen molar-refractivity contribution in [3.8, 4) is 0 Å². The first-order chi connectivity index (χ1) is 7.19. The standard InChI is InChI=1S/C11H13Br2NO/c1-15-9-5-8(6-9)14-11-3-2-7(12)4-10(11)13/h2-4,8-9,14H,5-6H2,1H3. The summed E-state index contributed by atoms with van der Waals surface area (Å²) in [4.78, 5) is 0. The van der Waals surface area contributed by atoms with Crippen molar-refractivity contribution in [2.45, 2.75) is 25.0 Å². The van der Waals surface area contributed by atoms with Gasteiger partial charge in [0.25, 0.3) is 0 Å². The average Bonchev–Trinajstić information content (AvgIpc) is 2.13. The van der Waals surface area contributed by atoms with Crippen LogP contribution in [0.15, 0.2) is 27.1 Å². The molecule has 0 atom stereocenters. The summed E-state index contributed by atoms with van der Waals surface area (Å²) < 4.78 is 7.43. The van der Waals surface area contributed by atoms with Crippen LogP contribution >= 0.6 is 31.9 Å². The summed E-state index contributed by atoms with van der Waals surface area (Å²) in [6.45, 7) is 0. The lowest BCUT2D eigenvalue weighted by Gasteiger charge is -2.35. The number of benzene rings is 1. The summed E-state index contributed by atoms with van der Waals surface area (Å²) >= 11 is 6.97. The van der Waals surface area contributed by atoms with Gasteiger partial charge < -0.3 is 10.1 Å². The first kappa shape index (κ1) is 11.4. The largest absolute Gasteiger partial charge is 0.381 e. The maximum absolute atomic E-state index is 5.24. The van der Waals surface area contributed by atoms with Gasteiger partial charge in [-0.15, -0.1) is 0 Å². The Hall–Kier alpha value is -0.0600. The van der Waals surface area contributed by atoms with Gasteiger partial charge in [0.2, 0.25) is 0 Å². The van der Waals surface area contributed by atoms with Gasteiger partial charge in [-0.3, -0.25) is 0 Å². The highest BCUT2D eigenvalue weighted by Gasteiger charge is 2.28. The second-order valence-electron chi connectivity index (χ2n) is 3.79. The number of methoxy groups -OCH3 is 1. The minimum Gasteiger partial charge on any atom is -0.381 e. The summed E-state index contributed by atoms with van der Waals surface area (Å²) in [5.74, 6) is 0. The smallest absolute Gasteiger partial charge is 0.0610 e. The number of ether oxygens (including phenoxy) is 1. The maximum atomic E-state index is 5.24. The molecule has 2 rings (SSSR count). The third kappa shape index (κ3) is 2.74. The van der Waals surface area contributed by atoms with E-state index in [4.69, 9.17) is 4.74 Å². The van der Waals surface area contributed by atoms with Crippen LogP contribution < -0.4 is 5.32 Å². The van der Waals surface area contributed by atoms with Crippen LogP contribution in [0.2, 0.25) is 0 Å². The third-order valence-corrected chi connectivity index (χ3v) is 3.87. The number of nitrogens with one attached hydrogen (secondary N) is 1. The third-order valence-electron chi connectivity index (χ3n) is 2.72. The zero-order chi connectivity index (χ0) is 10.8. The van der Waals surface area contributed by atoms with Gasteiger partial charge >= 0.3 is 0 Å². The molecule has 0 aliphatic heterocycles. The topological polar surface area (TPSA) is 21.3 Å². The highest BCUT2D eigenvalue weighted by atomic mass is 79.9. The molecule has 0 spiro atoms. The molecule has 1 aromatic rings. The Kier molecular flexibility index (Phi) is 3.69. The lowest BCUT2D eigenvalue weighted by molar-refractivity contribution is 0.0328. The quantitative estimate of drug-likeness (QED) is 0.907. The van der Waals surface area contributed by atoms with Crippen LogP contribution in [0.4, 0.5) is 5.69 Å². The minimum absolute atomic E-state index is 0.441. The lowest BCUT2D eigenvalue weighted by atomic mass is 9.89. The predicted molar refractivity (Wildman–Crippen MR) is 69.3 cm³/mol. The SMILES string of the molecule is COC1CC(Nc2ccc(Br)cc2Br)C1. The van der Waals surface area contributed by atoms with Gasteiger partial charge in [0.1, 0.15) is 0 Å². The van der Waals surface area contributed by atoms with Crippen molar-refractivity contribution in [1.29, 1.82) is 0 Å². The number of anilines is 1. The Bertz CT molecular complexity index is 350. The van der Waals surface area contributed by atoms with Crippen molar-refractivity contribution in [2.75, 3.05) is 12.4 Å². The van der Waals surface area contributed by atoms with Gasteiger partial charge in [-0.05, 0) is 47.0 Å². The Morgan fingerprint density at radius 2 is 2.07 bits per heavy atom. The summed E-state index contributed by atoms with van der Waals surface area (Å²) in [6, 6.07) is 6.72. The van der Waals surface area contributed by atoms with Crippen LogP contribution in [0.25, 0.3) is 0 Å². The highest BCUT2D eigenvalue weighted by Crippen LogP contribution is 2.31. The lowest BCUT2D eigenvalue weighted by Crippen LogP contribution is -2.40. The van der Waals surface area contributed by atoms with Crippen LogP contribution in [0.3, 0.4) is 0 Å². The van der Waals surface area contributed by atoms with Crippen molar-refractivity contribution in [3.05, 3.63) is 27.1 Å². The average molecular weight is 335 g/mol. The van der Waals surface area contributed by atoms with E-state index < -0.39 is 0 Å². The van der Waals surface area contributed by atoms with Crippen molar-refractivity contribution < 1.29 is 4.74 Å². The molecule has 0 amide bonds. The first-order valence-electron chi connectivity index (χ1n) is 4.93. The van der Waals surface area contributed by atoms with Crippen molar-refractivity contribution in [3.63, 3.8) is 0 Å². The molecule has 0 unspecified atom stereocenters. The van der Waals surface area contributed by atoms with Gasteiger partial charge in [0.15, 0.2) is 0 Å². The van der Waals surface area contributed by atoms with E-state index in [0.29, 0.717) is 12.1 Å². The number of hydrogen-bond acceptors (Lipinski definition) is 2. The normalized spacial score (nSPS) is 24.7. The Labute approximate surface area is 107 Å². The van der Waals surface area contributed by atoms with E-state index in [1.165, 1.54) is 0 Å². The highest BCUT2D eigenvalue weighted by molar-refractivity contribution is 9.11. The molecule has 1 N–H and O–H groups in total. The molecular weight excluding hydrogens is 322 g/mol. The molecule has 0 bridgehead atoms. The monoisotopic (exact) mass is 333 g/mol. The van der Waals surface area contributed by atoms with Gasteiger partial charge in [-0.1, -0.05) is 15.9 Å². The van der Waals surface area contributed by atoms with Crippen LogP contribution in [-0.4, -0.2) is 19.3 Å². The van der Waals surface area contributed by atoms with E-state index in [0.717, 1.165) is 27.5 Å². The molecule has 2 nitrogen and oxygen atoms in total. The molecule has 1 aromatic carbocycles.